The van der Waals surface area contributed by atoms with Gasteiger partial charge in [-0.2, -0.15) is 0 Å². The molecule has 0 saturated heterocycles. The van der Waals surface area contributed by atoms with Crippen molar-refractivity contribution in [1.82, 2.24) is 5.32 Å². The molecule has 0 fully saturated rings. The number of amides is 1. The summed E-state index contributed by atoms with van der Waals surface area (Å²) >= 11 is 0. The molecule has 0 atom stereocenters. The van der Waals surface area contributed by atoms with E-state index in [-0.39, 0.29) is 18.3 Å². The minimum Gasteiger partial charge on any atom is -0.494 e. The van der Waals surface area contributed by atoms with Gasteiger partial charge in [0, 0.05) is 13.0 Å². The number of halogens is 1. The predicted molar refractivity (Wildman–Crippen MR) is 84.5 cm³/mol. The summed E-state index contributed by atoms with van der Waals surface area (Å²) in [6, 6.07) is 7.92. The van der Waals surface area contributed by atoms with Crippen molar-refractivity contribution < 1.29 is 9.53 Å². The second kappa shape index (κ2) is 11.6. The van der Waals surface area contributed by atoms with Gasteiger partial charge in [0.1, 0.15) is 5.75 Å². The van der Waals surface area contributed by atoms with Crippen LogP contribution in [0.15, 0.2) is 24.3 Å². The Morgan fingerprint density at radius 3 is 2.80 bits per heavy atom. The van der Waals surface area contributed by atoms with E-state index >= 15 is 0 Å². The zero-order chi connectivity index (χ0) is 13.9. The van der Waals surface area contributed by atoms with E-state index in [4.69, 9.17) is 10.5 Å². The van der Waals surface area contributed by atoms with Crippen molar-refractivity contribution in [3.05, 3.63) is 29.8 Å². The molecular weight excluding hydrogens is 276 g/mol. The molecule has 0 heterocycles. The Bertz CT molecular complexity index is 386. The van der Waals surface area contributed by atoms with Crippen molar-refractivity contribution >= 4 is 18.3 Å². The molecule has 0 aliphatic carbocycles. The highest BCUT2D eigenvalue weighted by Crippen LogP contribution is 2.12. The van der Waals surface area contributed by atoms with Crippen LogP contribution in [0.2, 0.25) is 0 Å². The molecule has 0 aliphatic heterocycles. The number of hydrogen-bond donors (Lipinski definition) is 2. The number of nitrogens with two attached hydrogens (primary N) is 1. The molecule has 0 aliphatic rings. The third kappa shape index (κ3) is 8.77. The van der Waals surface area contributed by atoms with Gasteiger partial charge in [-0.1, -0.05) is 12.1 Å². The minimum atomic E-state index is 0. The maximum absolute atomic E-state index is 11.5. The van der Waals surface area contributed by atoms with Crippen LogP contribution in [-0.2, 0) is 4.79 Å². The molecule has 0 bridgehead atoms. The number of aryl methyl sites for hydroxylation is 1. The molecule has 0 spiro atoms. The van der Waals surface area contributed by atoms with Crippen molar-refractivity contribution in [2.75, 3.05) is 19.7 Å². The van der Waals surface area contributed by atoms with Crippen LogP contribution in [0.4, 0.5) is 0 Å². The highest BCUT2D eigenvalue weighted by atomic mass is 35.5. The number of carbonyl (C=O) groups is 1. The number of carbonyl (C=O) groups excluding carboxylic acids is 1. The third-order valence-electron chi connectivity index (χ3n) is 2.76. The number of nitrogens with one attached hydrogen (secondary N) is 1. The van der Waals surface area contributed by atoms with Crippen LogP contribution in [0.3, 0.4) is 0 Å². The molecule has 1 aromatic carbocycles. The van der Waals surface area contributed by atoms with Crippen LogP contribution in [0.1, 0.15) is 31.2 Å². The first-order chi connectivity index (χ1) is 9.22. The maximum atomic E-state index is 11.5. The lowest BCUT2D eigenvalue weighted by Gasteiger charge is -2.07. The van der Waals surface area contributed by atoms with Crippen LogP contribution in [0.25, 0.3) is 0 Å². The first kappa shape index (κ1) is 18.7. The van der Waals surface area contributed by atoms with Gasteiger partial charge < -0.3 is 15.8 Å². The molecule has 20 heavy (non-hydrogen) atoms. The summed E-state index contributed by atoms with van der Waals surface area (Å²) in [6.45, 7) is 4.00. The van der Waals surface area contributed by atoms with Gasteiger partial charge in [0.2, 0.25) is 5.91 Å². The molecule has 1 amide bonds. The second-order valence-electron chi connectivity index (χ2n) is 4.61. The SMILES string of the molecule is Cc1cccc(OCCCC(=O)NCCCCN)c1.Cl. The summed E-state index contributed by atoms with van der Waals surface area (Å²) in [6.07, 6.45) is 3.14. The van der Waals surface area contributed by atoms with E-state index in [1.54, 1.807) is 0 Å². The second-order valence-corrected chi connectivity index (χ2v) is 4.61. The molecule has 1 rings (SSSR count). The van der Waals surface area contributed by atoms with E-state index in [2.05, 4.69) is 5.32 Å². The lowest BCUT2D eigenvalue weighted by Crippen LogP contribution is -2.25. The molecule has 0 radical (unpaired) electrons. The summed E-state index contributed by atoms with van der Waals surface area (Å²) in [7, 11) is 0. The van der Waals surface area contributed by atoms with Crippen LogP contribution in [0.5, 0.6) is 5.75 Å². The maximum Gasteiger partial charge on any atom is 0.220 e. The fraction of sp³-hybridized carbons (Fsp3) is 0.533. The number of benzene rings is 1. The zero-order valence-electron chi connectivity index (χ0n) is 12.1. The van der Waals surface area contributed by atoms with E-state index in [1.165, 1.54) is 5.56 Å². The quantitative estimate of drug-likeness (QED) is 0.689. The van der Waals surface area contributed by atoms with Crippen molar-refractivity contribution in [2.45, 2.75) is 32.6 Å². The van der Waals surface area contributed by atoms with Gasteiger partial charge >= 0.3 is 0 Å². The summed E-state index contributed by atoms with van der Waals surface area (Å²) < 4.78 is 5.58. The lowest BCUT2D eigenvalue weighted by molar-refractivity contribution is -0.121. The van der Waals surface area contributed by atoms with Crippen molar-refractivity contribution in [1.29, 1.82) is 0 Å². The Labute approximate surface area is 127 Å². The van der Waals surface area contributed by atoms with E-state index < -0.39 is 0 Å². The Kier molecular flexibility index (Phi) is 10.8. The third-order valence-corrected chi connectivity index (χ3v) is 2.76. The fourth-order valence-electron chi connectivity index (χ4n) is 1.71. The lowest BCUT2D eigenvalue weighted by atomic mass is 10.2. The first-order valence-electron chi connectivity index (χ1n) is 6.88. The number of hydrogen-bond acceptors (Lipinski definition) is 3. The molecule has 0 saturated carbocycles. The van der Waals surface area contributed by atoms with Crippen molar-refractivity contribution in [3.8, 4) is 5.75 Å². The van der Waals surface area contributed by atoms with Gasteiger partial charge in [-0.25, -0.2) is 0 Å². The fourth-order valence-corrected chi connectivity index (χ4v) is 1.71. The molecular formula is C15H25ClN2O2. The Balaban J connectivity index is 0.00000361. The molecule has 5 heteroatoms. The van der Waals surface area contributed by atoms with Gasteiger partial charge in [0.05, 0.1) is 6.61 Å². The molecule has 1 aromatic rings. The summed E-state index contributed by atoms with van der Waals surface area (Å²) in [5.74, 6) is 0.952. The van der Waals surface area contributed by atoms with Crippen molar-refractivity contribution in [2.24, 2.45) is 5.73 Å². The van der Waals surface area contributed by atoms with Gasteiger partial charge in [-0.15, -0.1) is 12.4 Å². The Hall–Kier alpha value is -1.26. The summed E-state index contributed by atoms with van der Waals surface area (Å²) in [5.41, 5.74) is 6.56. The van der Waals surface area contributed by atoms with Gasteiger partial charge in [-0.3, -0.25) is 4.79 Å². The minimum absolute atomic E-state index is 0. The largest absolute Gasteiger partial charge is 0.494 e. The molecule has 0 aromatic heterocycles. The highest BCUT2D eigenvalue weighted by Gasteiger charge is 2.01. The van der Waals surface area contributed by atoms with Crippen LogP contribution >= 0.6 is 12.4 Å². The van der Waals surface area contributed by atoms with Gasteiger partial charge in [0.15, 0.2) is 0 Å². The van der Waals surface area contributed by atoms with Crippen LogP contribution < -0.4 is 15.8 Å². The molecule has 3 N–H and O–H groups in total. The summed E-state index contributed by atoms with van der Waals surface area (Å²) in [4.78, 5) is 11.5. The number of rotatable bonds is 9. The first-order valence-corrected chi connectivity index (χ1v) is 6.88. The van der Waals surface area contributed by atoms with E-state index in [0.29, 0.717) is 19.6 Å². The molecule has 114 valence electrons. The summed E-state index contributed by atoms with van der Waals surface area (Å²) in [5, 5.41) is 2.88. The van der Waals surface area contributed by atoms with Gasteiger partial charge in [-0.05, 0) is 50.4 Å². The number of unbranched alkanes of at least 4 members (excludes halogenated alkanes) is 1. The zero-order valence-corrected chi connectivity index (χ0v) is 12.9. The molecule has 0 unspecified atom stereocenters. The smallest absolute Gasteiger partial charge is 0.220 e. The van der Waals surface area contributed by atoms with Gasteiger partial charge in [0.25, 0.3) is 0 Å². The van der Waals surface area contributed by atoms with E-state index in [1.807, 2.05) is 31.2 Å². The topological polar surface area (TPSA) is 64.3 Å². The Morgan fingerprint density at radius 2 is 2.10 bits per heavy atom. The standard InChI is InChI=1S/C15H24N2O2.ClH/c1-13-6-4-7-14(12-13)19-11-5-8-15(18)17-10-3-2-9-16;/h4,6-7,12H,2-3,5,8-11,16H2,1H3,(H,17,18);1H. The van der Waals surface area contributed by atoms with Crippen LogP contribution in [-0.4, -0.2) is 25.6 Å². The highest BCUT2D eigenvalue weighted by molar-refractivity contribution is 5.85. The average Bonchev–Trinajstić information content (AvgIpc) is 2.40. The van der Waals surface area contributed by atoms with E-state index in [9.17, 15) is 4.79 Å². The Morgan fingerprint density at radius 1 is 1.30 bits per heavy atom. The monoisotopic (exact) mass is 300 g/mol. The van der Waals surface area contributed by atoms with Crippen LogP contribution in [0, 0.1) is 6.92 Å². The van der Waals surface area contributed by atoms with E-state index in [0.717, 1.165) is 31.6 Å². The number of ether oxygens (including phenoxy) is 1. The average molecular weight is 301 g/mol. The van der Waals surface area contributed by atoms with Crippen molar-refractivity contribution in [3.63, 3.8) is 0 Å². The predicted octanol–water partition coefficient (Wildman–Crippen LogP) is 2.43. The normalized spacial score (nSPS) is 9.70. The molecule has 4 nitrogen and oxygen atoms in total.